The molecular formula is C24H23FN4O. The van der Waals surface area contributed by atoms with Gasteiger partial charge in [-0.2, -0.15) is 5.10 Å². The molecule has 0 spiro atoms. The van der Waals surface area contributed by atoms with Crippen molar-refractivity contribution in [2.45, 2.75) is 33.9 Å². The predicted octanol–water partition coefficient (Wildman–Crippen LogP) is 4.74. The molecule has 0 N–H and O–H groups in total. The van der Waals surface area contributed by atoms with Gasteiger partial charge in [-0.25, -0.2) is 14.1 Å². The second-order valence-electron chi connectivity index (χ2n) is 7.43. The number of hydrogen-bond donors (Lipinski definition) is 0. The summed E-state index contributed by atoms with van der Waals surface area (Å²) in [5.74, 6) is 1.04. The van der Waals surface area contributed by atoms with E-state index >= 15 is 0 Å². The van der Waals surface area contributed by atoms with E-state index in [9.17, 15) is 9.18 Å². The summed E-state index contributed by atoms with van der Waals surface area (Å²) in [5, 5.41) is 4.43. The van der Waals surface area contributed by atoms with Crippen LogP contribution in [0.4, 0.5) is 4.39 Å². The van der Waals surface area contributed by atoms with E-state index in [4.69, 9.17) is 0 Å². The summed E-state index contributed by atoms with van der Waals surface area (Å²) in [6.07, 6.45) is 0. The highest BCUT2D eigenvalue weighted by Crippen LogP contribution is 2.21. The molecule has 0 fully saturated rings. The summed E-state index contributed by atoms with van der Waals surface area (Å²) in [4.78, 5) is 17.6. The summed E-state index contributed by atoms with van der Waals surface area (Å²) in [6, 6.07) is 18.1. The summed E-state index contributed by atoms with van der Waals surface area (Å²) < 4.78 is 16.9. The van der Waals surface area contributed by atoms with Gasteiger partial charge in [0.1, 0.15) is 18.2 Å². The lowest BCUT2D eigenvalue weighted by atomic mass is 10.1. The van der Waals surface area contributed by atoms with Crippen LogP contribution in [0.1, 0.15) is 33.1 Å². The molecule has 30 heavy (non-hydrogen) atoms. The molecule has 0 amide bonds. The summed E-state index contributed by atoms with van der Waals surface area (Å²) in [5.41, 5.74) is 4.45. The van der Waals surface area contributed by atoms with Gasteiger partial charge in [-0.3, -0.25) is 4.79 Å². The van der Waals surface area contributed by atoms with Gasteiger partial charge in [0.15, 0.2) is 11.6 Å². The van der Waals surface area contributed by atoms with Crippen molar-refractivity contribution in [2.75, 3.05) is 0 Å². The molecule has 2 aromatic heterocycles. The van der Waals surface area contributed by atoms with Crippen LogP contribution in [0.15, 0.2) is 60.7 Å². The molecule has 0 unspecified atom stereocenters. The van der Waals surface area contributed by atoms with E-state index < -0.39 is 0 Å². The van der Waals surface area contributed by atoms with Crippen LogP contribution in [-0.2, 0) is 13.1 Å². The van der Waals surface area contributed by atoms with Crippen LogP contribution in [0.5, 0.6) is 0 Å². The number of aryl methyl sites for hydroxylation is 2. The Morgan fingerprint density at radius 2 is 1.70 bits per heavy atom. The van der Waals surface area contributed by atoms with Crippen molar-refractivity contribution in [1.82, 2.24) is 19.3 Å². The molecular weight excluding hydrogens is 379 g/mol. The highest BCUT2D eigenvalue weighted by molar-refractivity contribution is 5.97. The highest BCUT2D eigenvalue weighted by Gasteiger charge is 2.19. The number of rotatable bonds is 6. The van der Waals surface area contributed by atoms with E-state index in [0.29, 0.717) is 23.8 Å². The standard InChI is InChI=1S/C24H23FN4O/c1-16-13-22(17(2)28(16)14-19-9-11-21(25)12-10-19)23(30)15-29-24(26-18(3)27-29)20-7-5-4-6-8-20/h4-13H,14-15H2,1-3H3. The molecule has 5 nitrogen and oxygen atoms in total. The number of carbonyl (C=O) groups is 1. The zero-order chi connectivity index (χ0) is 21.3. The second-order valence-corrected chi connectivity index (χ2v) is 7.43. The first-order valence-electron chi connectivity index (χ1n) is 9.83. The number of nitrogens with zero attached hydrogens (tertiary/aromatic N) is 4. The minimum atomic E-state index is -0.257. The third kappa shape index (κ3) is 3.94. The molecule has 0 aliphatic heterocycles. The van der Waals surface area contributed by atoms with Gasteiger partial charge in [0.2, 0.25) is 0 Å². The second kappa shape index (κ2) is 8.06. The smallest absolute Gasteiger partial charge is 0.186 e. The number of carbonyl (C=O) groups excluding carboxylic acids is 1. The van der Waals surface area contributed by atoms with E-state index in [1.165, 1.54) is 12.1 Å². The van der Waals surface area contributed by atoms with E-state index in [1.54, 1.807) is 16.8 Å². The third-order valence-corrected chi connectivity index (χ3v) is 5.23. The van der Waals surface area contributed by atoms with Crippen LogP contribution >= 0.6 is 0 Å². The number of ketones is 1. The average Bonchev–Trinajstić information content (AvgIpc) is 3.24. The normalized spacial score (nSPS) is 11.1. The molecule has 2 aromatic carbocycles. The van der Waals surface area contributed by atoms with Crippen LogP contribution in [0, 0.1) is 26.6 Å². The van der Waals surface area contributed by atoms with Gasteiger partial charge >= 0.3 is 0 Å². The molecule has 6 heteroatoms. The maximum Gasteiger partial charge on any atom is 0.186 e. The Labute approximate surface area is 174 Å². The van der Waals surface area contributed by atoms with E-state index in [0.717, 1.165) is 22.5 Å². The van der Waals surface area contributed by atoms with Gasteiger partial charge in [0.05, 0.1) is 0 Å². The minimum absolute atomic E-state index is 0.0180. The number of hydrogen-bond acceptors (Lipinski definition) is 3. The maximum atomic E-state index is 13.2. The summed E-state index contributed by atoms with van der Waals surface area (Å²) >= 11 is 0. The lowest BCUT2D eigenvalue weighted by molar-refractivity contribution is 0.0967. The summed E-state index contributed by atoms with van der Waals surface area (Å²) in [6.45, 7) is 6.44. The Bertz CT molecular complexity index is 1190. The zero-order valence-corrected chi connectivity index (χ0v) is 17.3. The fraction of sp³-hybridized carbons (Fsp3) is 0.208. The fourth-order valence-electron chi connectivity index (χ4n) is 3.69. The Morgan fingerprint density at radius 1 is 1.00 bits per heavy atom. The van der Waals surface area contributed by atoms with Gasteiger partial charge < -0.3 is 4.57 Å². The molecule has 152 valence electrons. The molecule has 4 rings (SSSR count). The lowest BCUT2D eigenvalue weighted by Crippen LogP contribution is -2.14. The Morgan fingerprint density at radius 3 is 2.40 bits per heavy atom. The van der Waals surface area contributed by atoms with E-state index in [-0.39, 0.29) is 18.1 Å². The largest absolute Gasteiger partial charge is 0.344 e. The van der Waals surface area contributed by atoms with Gasteiger partial charge in [-0.15, -0.1) is 0 Å². The first-order chi connectivity index (χ1) is 14.4. The number of Topliss-reactive ketones (excluding diaryl/α,β-unsaturated/α-hetero) is 1. The number of halogens is 1. The first-order valence-corrected chi connectivity index (χ1v) is 9.83. The lowest BCUT2D eigenvalue weighted by Gasteiger charge is -2.10. The van der Waals surface area contributed by atoms with Crippen molar-refractivity contribution in [3.8, 4) is 11.4 Å². The monoisotopic (exact) mass is 402 g/mol. The quantitative estimate of drug-likeness (QED) is 0.438. The van der Waals surface area contributed by atoms with Crippen LogP contribution in [0.25, 0.3) is 11.4 Å². The van der Waals surface area contributed by atoms with Gasteiger partial charge in [0, 0.05) is 29.1 Å². The van der Waals surface area contributed by atoms with Crippen molar-refractivity contribution in [1.29, 1.82) is 0 Å². The van der Waals surface area contributed by atoms with Crippen LogP contribution in [-0.4, -0.2) is 25.1 Å². The molecule has 0 bridgehead atoms. The Kier molecular flexibility index (Phi) is 5.31. The Hall–Kier alpha value is -3.54. The van der Waals surface area contributed by atoms with Crippen molar-refractivity contribution >= 4 is 5.78 Å². The third-order valence-electron chi connectivity index (χ3n) is 5.23. The van der Waals surface area contributed by atoms with Crippen LogP contribution in [0.2, 0.25) is 0 Å². The van der Waals surface area contributed by atoms with Crippen LogP contribution in [0.3, 0.4) is 0 Å². The molecule has 0 aliphatic carbocycles. The van der Waals surface area contributed by atoms with Gasteiger partial charge in [-0.05, 0) is 44.5 Å². The highest BCUT2D eigenvalue weighted by atomic mass is 19.1. The molecule has 0 aliphatic rings. The predicted molar refractivity (Wildman–Crippen MR) is 114 cm³/mol. The molecule has 0 saturated carbocycles. The van der Waals surface area contributed by atoms with Crippen molar-refractivity contribution < 1.29 is 9.18 Å². The molecule has 4 aromatic rings. The average molecular weight is 402 g/mol. The number of benzene rings is 2. The first kappa shape index (κ1) is 19.8. The zero-order valence-electron chi connectivity index (χ0n) is 17.3. The van der Waals surface area contributed by atoms with Crippen molar-refractivity contribution in [3.63, 3.8) is 0 Å². The van der Waals surface area contributed by atoms with Gasteiger partial charge in [0.25, 0.3) is 0 Å². The fourth-order valence-corrected chi connectivity index (χ4v) is 3.69. The molecule has 0 atom stereocenters. The SMILES string of the molecule is Cc1nc(-c2ccccc2)n(CC(=O)c2cc(C)n(Cc3ccc(F)cc3)c2C)n1. The molecule has 0 radical (unpaired) electrons. The van der Waals surface area contributed by atoms with Crippen molar-refractivity contribution in [2.24, 2.45) is 0 Å². The van der Waals surface area contributed by atoms with Crippen LogP contribution < -0.4 is 0 Å². The Balaban J connectivity index is 1.60. The van der Waals surface area contributed by atoms with Gasteiger partial charge in [-0.1, -0.05) is 42.5 Å². The minimum Gasteiger partial charge on any atom is -0.344 e. The van der Waals surface area contributed by atoms with Crippen molar-refractivity contribution in [3.05, 3.63) is 94.8 Å². The summed E-state index contributed by atoms with van der Waals surface area (Å²) in [7, 11) is 0. The number of aromatic nitrogens is 4. The molecule has 0 saturated heterocycles. The molecule has 2 heterocycles. The maximum absolute atomic E-state index is 13.2. The topological polar surface area (TPSA) is 52.7 Å². The van der Waals surface area contributed by atoms with E-state index in [2.05, 4.69) is 14.6 Å². The van der Waals surface area contributed by atoms with E-state index in [1.807, 2.05) is 57.2 Å².